The number of rotatable bonds is 9. The van der Waals surface area contributed by atoms with E-state index in [0.717, 1.165) is 5.56 Å². The molecule has 32 heavy (non-hydrogen) atoms. The second-order valence-electron chi connectivity index (χ2n) is 6.40. The molecule has 0 saturated carbocycles. The molecule has 0 aliphatic heterocycles. The molecule has 11 nitrogen and oxygen atoms in total. The molecule has 11 heteroatoms. The van der Waals surface area contributed by atoms with Crippen molar-refractivity contribution in [3.8, 4) is 5.75 Å². The zero-order valence-electron chi connectivity index (χ0n) is 17.4. The summed E-state index contributed by atoms with van der Waals surface area (Å²) in [5.41, 5.74) is 17.3. The quantitative estimate of drug-likeness (QED) is 0.146. The molecular formula is C21H25N5O6. The molecule has 0 spiro atoms. The maximum atomic E-state index is 12.5. The van der Waals surface area contributed by atoms with Gasteiger partial charge in [0.25, 0.3) is 0 Å². The fraction of sp³-hybridized carbons (Fsp3) is 0.238. The molecule has 0 aliphatic carbocycles. The molecular weight excluding hydrogens is 418 g/mol. The van der Waals surface area contributed by atoms with Crippen LogP contribution >= 0.6 is 0 Å². The third-order valence-electron chi connectivity index (χ3n) is 3.87. The van der Waals surface area contributed by atoms with E-state index in [1.54, 1.807) is 37.3 Å². The van der Waals surface area contributed by atoms with Gasteiger partial charge in [-0.25, -0.2) is 14.6 Å². The third kappa shape index (κ3) is 7.61. The van der Waals surface area contributed by atoms with Crippen molar-refractivity contribution in [3.63, 3.8) is 0 Å². The Morgan fingerprint density at radius 2 is 1.78 bits per heavy atom. The fourth-order valence-electron chi connectivity index (χ4n) is 2.55. The SMILES string of the molecule is CCOc1cccc(C(=O)OC(=O)C[C@@H](N)NC(=O)OCc2ccccc2)c1N=C(N)N. The van der Waals surface area contributed by atoms with Gasteiger partial charge in [-0.3, -0.25) is 4.79 Å². The lowest BCUT2D eigenvalue weighted by molar-refractivity contribution is -0.138. The van der Waals surface area contributed by atoms with Gasteiger partial charge in [0.1, 0.15) is 18.0 Å². The van der Waals surface area contributed by atoms with E-state index in [9.17, 15) is 14.4 Å². The molecule has 0 bridgehead atoms. The maximum Gasteiger partial charge on any atom is 0.408 e. The minimum absolute atomic E-state index is 0.0269. The van der Waals surface area contributed by atoms with E-state index in [4.69, 9.17) is 31.4 Å². The molecule has 2 rings (SSSR count). The van der Waals surface area contributed by atoms with Crippen LogP contribution in [-0.4, -0.2) is 36.8 Å². The molecule has 2 aromatic carbocycles. The van der Waals surface area contributed by atoms with Gasteiger partial charge < -0.3 is 36.7 Å². The summed E-state index contributed by atoms with van der Waals surface area (Å²) in [6.07, 6.45) is -2.43. The highest BCUT2D eigenvalue weighted by Crippen LogP contribution is 2.32. The summed E-state index contributed by atoms with van der Waals surface area (Å²) in [6.45, 7) is 2.07. The number of hydrogen-bond acceptors (Lipinski definition) is 8. The lowest BCUT2D eigenvalue weighted by atomic mass is 10.1. The summed E-state index contributed by atoms with van der Waals surface area (Å²) in [5.74, 6) is -2.04. The highest BCUT2D eigenvalue weighted by Gasteiger charge is 2.22. The largest absolute Gasteiger partial charge is 0.492 e. The van der Waals surface area contributed by atoms with Crippen LogP contribution in [0.1, 0.15) is 29.3 Å². The minimum atomic E-state index is -1.13. The van der Waals surface area contributed by atoms with Crippen molar-refractivity contribution in [3.05, 3.63) is 59.7 Å². The van der Waals surface area contributed by atoms with Gasteiger partial charge in [0.2, 0.25) is 0 Å². The van der Waals surface area contributed by atoms with Crippen LogP contribution in [0.2, 0.25) is 0 Å². The van der Waals surface area contributed by atoms with E-state index >= 15 is 0 Å². The molecule has 7 N–H and O–H groups in total. The Hall–Kier alpha value is -4.12. The summed E-state index contributed by atoms with van der Waals surface area (Å²) in [4.78, 5) is 40.3. The van der Waals surface area contributed by atoms with E-state index in [2.05, 4.69) is 10.3 Å². The van der Waals surface area contributed by atoms with Crippen LogP contribution < -0.4 is 27.3 Å². The van der Waals surface area contributed by atoms with E-state index in [1.807, 2.05) is 6.07 Å². The predicted molar refractivity (Wildman–Crippen MR) is 116 cm³/mol. The number of carbonyl (C=O) groups excluding carboxylic acids is 3. The number of nitrogens with one attached hydrogen (secondary N) is 1. The van der Waals surface area contributed by atoms with Gasteiger partial charge in [-0.2, -0.15) is 0 Å². The lowest BCUT2D eigenvalue weighted by Gasteiger charge is -2.14. The third-order valence-corrected chi connectivity index (χ3v) is 3.87. The first kappa shape index (κ1) is 24.2. The number of benzene rings is 2. The standard InChI is InChI=1S/C21H25N5O6/c1-2-30-15-10-6-9-14(18(15)26-20(23)24)19(28)32-17(27)11-16(22)25-21(29)31-12-13-7-4-3-5-8-13/h3-10,16H,2,11-12,22H2,1H3,(H,25,29)(H4,23,24,26)/t16-/m0/s1. The van der Waals surface area contributed by atoms with Crippen molar-refractivity contribution >= 4 is 29.7 Å². The molecule has 0 heterocycles. The average Bonchev–Trinajstić information content (AvgIpc) is 2.73. The number of aliphatic imine (C=N–C) groups is 1. The zero-order valence-corrected chi connectivity index (χ0v) is 17.4. The minimum Gasteiger partial charge on any atom is -0.492 e. The summed E-state index contributed by atoms with van der Waals surface area (Å²) in [5, 5.41) is 2.29. The molecule has 2 aromatic rings. The van der Waals surface area contributed by atoms with Gasteiger partial charge in [0, 0.05) is 0 Å². The van der Waals surface area contributed by atoms with E-state index < -0.39 is 30.6 Å². The molecule has 0 aromatic heterocycles. The molecule has 0 unspecified atom stereocenters. The van der Waals surface area contributed by atoms with Crippen molar-refractivity contribution in [1.82, 2.24) is 5.32 Å². The van der Waals surface area contributed by atoms with Crippen molar-refractivity contribution in [2.45, 2.75) is 26.1 Å². The normalized spacial score (nSPS) is 11.1. The Bertz CT molecular complexity index is 976. The number of para-hydroxylation sites is 1. The molecule has 0 radical (unpaired) electrons. The van der Waals surface area contributed by atoms with Gasteiger partial charge in [-0.15, -0.1) is 0 Å². The van der Waals surface area contributed by atoms with Crippen LogP contribution in [0.4, 0.5) is 10.5 Å². The number of carbonyl (C=O) groups is 3. The van der Waals surface area contributed by atoms with Crippen molar-refractivity contribution in [2.75, 3.05) is 6.61 Å². The Kier molecular flexibility index (Phi) is 8.99. The molecule has 1 amide bonds. The first-order chi connectivity index (χ1) is 15.3. The Labute approximate surface area is 184 Å². The number of esters is 2. The summed E-state index contributed by atoms with van der Waals surface area (Å²) in [7, 11) is 0. The number of alkyl carbamates (subject to hydrolysis) is 1. The van der Waals surface area contributed by atoms with Crippen LogP contribution in [-0.2, 0) is 20.9 Å². The van der Waals surface area contributed by atoms with E-state index in [-0.39, 0.29) is 29.6 Å². The van der Waals surface area contributed by atoms with Crippen LogP contribution in [0.3, 0.4) is 0 Å². The topological polar surface area (TPSA) is 181 Å². The second kappa shape index (κ2) is 11.9. The van der Waals surface area contributed by atoms with Crippen molar-refractivity contribution in [1.29, 1.82) is 0 Å². The number of nitrogens with zero attached hydrogens (tertiary/aromatic N) is 1. The lowest BCUT2D eigenvalue weighted by Crippen LogP contribution is -2.43. The van der Waals surface area contributed by atoms with Gasteiger partial charge in [-0.05, 0) is 24.6 Å². The van der Waals surface area contributed by atoms with E-state index in [1.165, 1.54) is 12.1 Å². The number of ether oxygens (including phenoxy) is 3. The summed E-state index contributed by atoms with van der Waals surface area (Å²) >= 11 is 0. The molecule has 0 fully saturated rings. The van der Waals surface area contributed by atoms with E-state index in [0.29, 0.717) is 6.61 Å². The molecule has 170 valence electrons. The Morgan fingerprint density at radius 3 is 2.44 bits per heavy atom. The first-order valence-corrected chi connectivity index (χ1v) is 9.63. The van der Waals surface area contributed by atoms with Crippen molar-refractivity contribution < 1.29 is 28.6 Å². The fourth-order valence-corrected chi connectivity index (χ4v) is 2.55. The van der Waals surface area contributed by atoms with Crippen LogP contribution in [0.5, 0.6) is 5.75 Å². The number of amides is 1. The second-order valence-corrected chi connectivity index (χ2v) is 6.40. The predicted octanol–water partition coefficient (Wildman–Crippen LogP) is 1.27. The van der Waals surface area contributed by atoms with Crippen molar-refractivity contribution in [2.24, 2.45) is 22.2 Å². The van der Waals surface area contributed by atoms with Crippen LogP contribution in [0.15, 0.2) is 53.5 Å². The van der Waals surface area contributed by atoms with Crippen LogP contribution in [0.25, 0.3) is 0 Å². The summed E-state index contributed by atoms with van der Waals surface area (Å²) < 4.78 is 15.2. The van der Waals surface area contributed by atoms with Crippen LogP contribution in [0, 0.1) is 0 Å². The molecule has 0 saturated heterocycles. The Balaban J connectivity index is 1.93. The zero-order chi connectivity index (χ0) is 23.5. The van der Waals surface area contributed by atoms with Gasteiger partial charge >= 0.3 is 18.0 Å². The number of hydrogen-bond donors (Lipinski definition) is 4. The first-order valence-electron chi connectivity index (χ1n) is 9.63. The van der Waals surface area contributed by atoms with Gasteiger partial charge in [-0.1, -0.05) is 36.4 Å². The number of guanidine groups is 1. The molecule has 1 atom stereocenters. The highest BCUT2D eigenvalue weighted by atomic mass is 16.6. The number of nitrogens with two attached hydrogens (primary N) is 3. The maximum absolute atomic E-state index is 12.5. The van der Waals surface area contributed by atoms with Gasteiger partial charge in [0.15, 0.2) is 5.96 Å². The average molecular weight is 443 g/mol. The Morgan fingerprint density at radius 1 is 1.06 bits per heavy atom. The molecule has 0 aliphatic rings. The smallest absolute Gasteiger partial charge is 0.408 e. The highest BCUT2D eigenvalue weighted by molar-refractivity contribution is 6.02. The summed E-state index contributed by atoms with van der Waals surface area (Å²) in [6, 6.07) is 13.5. The monoisotopic (exact) mass is 443 g/mol. The van der Waals surface area contributed by atoms with Gasteiger partial charge in [0.05, 0.1) is 24.8 Å².